The number of carbonyl (C=O) groups is 1. The smallest absolute Gasteiger partial charge is 0.252 e. The van der Waals surface area contributed by atoms with Crippen molar-refractivity contribution in [3.63, 3.8) is 0 Å². The number of aliphatic hydroxyl groups excluding tert-OH is 2. The maximum absolute atomic E-state index is 13.6. The van der Waals surface area contributed by atoms with E-state index >= 15 is 0 Å². The number of hydrogen-bond donors (Lipinski definition) is 2. The molecule has 2 N–H and O–H groups in total. The van der Waals surface area contributed by atoms with E-state index in [0.29, 0.717) is 32.7 Å². The van der Waals surface area contributed by atoms with Crippen LogP contribution < -0.4 is 0 Å². The number of nitrogens with zero attached hydrogens (tertiary/aromatic N) is 2. The van der Waals surface area contributed by atoms with Gasteiger partial charge < -0.3 is 19.8 Å². The number of carbonyl (C=O) groups excluding carboxylic acids is 1. The van der Waals surface area contributed by atoms with Crippen molar-refractivity contribution in [1.29, 1.82) is 0 Å². The minimum Gasteiger partial charge on any atom is -0.395 e. The van der Waals surface area contributed by atoms with Crippen molar-refractivity contribution in [3.8, 4) is 0 Å². The third-order valence-electron chi connectivity index (χ3n) is 6.57. The molecule has 0 aromatic heterocycles. The SMILES string of the molecule is O=C([C@H]1CC[C@@H](N(CCO)CCO)CO1)N1CCc2ccccc2[C@@H]1c1ccc(F)cc1. The summed E-state index contributed by atoms with van der Waals surface area (Å²) in [6, 6.07) is 14.3. The quantitative estimate of drug-likeness (QED) is 0.687. The maximum Gasteiger partial charge on any atom is 0.252 e. The Kier molecular flexibility index (Phi) is 7.52. The molecule has 2 aromatic rings. The van der Waals surface area contributed by atoms with Crippen LogP contribution in [0.15, 0.2) is 48.5 Å². The van der Waals surface area contributed by atoms with Gasteiger partial charge in [-0.2, -0.15) is 0 Å². The average Bonchev–Trinajstić information content (AvgIpc) is 2.83. The van der Waals surface area contributed by atoms with Crippen molar-refractivity contribution in [3.05, 3.63) is 71.0 Å². The van der Waals surface area contributed by atoms with Crippen LogP contribution in [0.4, 0.5) is 4.39 Å². The van der Waals surface area contributed by atoms with E-state index in [1.807, 2.05) is 28.0 Å². The van der Waals surface area contributed by atoms with E-state index in [0.717, 1.165) is 24.0 Å². The first-order valence-corrected chi connectivity index (χ1v) is 11.3. The molecule has 7 heteroatoms. The predicted octanol–water partition coefficient (Wildman–Crippen LogP) is 2.13. The molecule has 1 fully saturated rings. The molecule has 6 nitrogen and oxygen atoms in total. The summed E-state index contributed by atoms with van der Waals surface area (Å²) < 4.78 is 19.6. The zero-order valence-electron chi connectivity index (χ0n) is 18.2. The lowest BCUT2D eigenvalue weighted by Crippen LogP contribution is -2.51. The van der Waals surface area contributed by atoms with Crippen LogP contribution in [0.5, 0.6) is 0 Å². The van der Waals surface area contributed by atoms with E-state index in [1.165, 1.54) is 17.7 Å². The van der Waals surface area contributed by atoms with Crippen molar-refractivity contribution >= 4 is 5.91 Å². The largest absolute Gasteiger partial charge is 0.395 e. The normalized spacial score (nSPS) is 23.2. The molecule has 3 atom stereocenters. The van der Waals surface area contributed by atoms with Crippen LogP contribution in [0.3, 0.4) is 0 Å². The highest BCUT2D eigenvalue weighted by Gasteiger charge is 2.38. The molecule has 2 aromatic carbocycles. The molecule has 0 saturated carbocycles. The van der Waals surface area contributed by atoms with Gasteiger partial charge in [0.2, 0.25) is 0 Å². The second kappa shape index (κ2) is 10.5. The van der Waals surface area contributed by atoms with Crippen molar-refractivity contribution in [1.82, 2.24) is 9.80 Å². The van der Waals surface area contributed by atoms with Crippen LogP contribution in [0, 0.1) is 5.82 Å². The molecule has 2 aliphatic rings. The molecule has 1 saturated heterocycles. The van der Waals surface area contributed by atoms with Gasteiger partial charge in [0, 0.05) is 25.7 Å². The van der Waals surface area contributed by atoms with Gasteiger partial charge in [0.1, 0.15) is 11.9 Å². The Labute approximate surface area is 188 Å². The summed E-state index contributed by atoms with van der Waals surface area (Å²) >= 11 is 0. The lowest BCUT2D eigenvalue weighted by molar-refractivity contribution is -0.151. The second-order valence-corrected chi connectivity index (χ2v) is 8.47. The van der Waals surface area contributed by atoms with Gasteiger partial charge in [-0.05, 0) is 48.1 Å². The highest BCUT2D eigenvalue weighted by molar-refractivity contribution is 5.82. The number of hydrogen-bond acceptors (Lipinski definition) is 5. The van der Waals surface area contributed by atoms with Gasteiger partial charge in [0.25, 0.3) is 5.91 Å². The van der Waals surface area contributed by atoms with Gasteiger partial charge in [0.15, 0.2) is 0 Å². The maximum atomic E-state index is 13.6. The minimum absolute atomic E-state index is 0.0192. The molecule has 172 valence electrons. The molecule has 0 radical (unpaired) electrons. The standard InChI is InChI=1S/C25H31FN2O4/c26-20-7-5-19(6-8-20)24-22-4-2-1-3-18(22)11-12-28(24)25(31)23-10-9-21(17-32-23)27(13-15-29)14-16-30/h1-8,21,23-24,29-30H,9-17H2/t21-,23-,24+/m1/s1. The van der Waals surface area contributed by atoms with Gasteiger partial charge in [0.05, 0.1) is 25.9 Å². The van der Waals surface area contributed by atoms with E-state index in [-0.39, 0.29) is 37.0 Å². The number of rotatable bonds is 7. The Morgan fingerprint density at radius 2 is 1.78 bits per heavy atom. The first kappa shape index (κ1) is 22.9. The Bertz CT molecular complexity index is 893. The van der Waals surface area contributed by atoms with Gasteiger partial charge in [-0.3, -0.25) is 9.69 Å². The van der Waals surface area contributed by atoms with Crippen LogP contribution in [0.1, 0.15) is 35.6 Å². The monoisotopic (exact) mass is 442 g/mol. The fourth-order valence-electron chi connectivity index (χ4n) is 4.95. The van der Waals surface area contributed by atoms with Crippen molar-refractivity contribution in [2.45, 2.75) is 37.5 Å². The fourth-order valence-corrected chi connectivity index (χ4v) is 4.95. The molecule has 0 spiro atoms. The summed E-state index contributed by atoms with van der Waals surface area (Å²) in [4.78, 5) is 17.5. The van der Waals surface area contributed by atoms with E-state index in [1.54, 1.807) is 12.1 Å². The third kappa shape index (κ3) is 4.86. The number of fused-ring (bicyclic) bond motifs is 1. The molecule has 0 bridgehead atoms. The van der Waals surface area contributed by atoms with Gasteiger partial charge in [-0.1, -0.05) is 36.4 Å². The molecule has 2 heterocycles. The molecule has 2 aliphatic heterocycles. The zero-order valence-corrected chi connectivity index (χ0v) is 18.2. The Morgan fingerprint density at radius 1 is 1.06 bits per heavy atom. The van der Waals surface area contributed by atoms with Crippen LogP contribution in [-0.2, 0) is 16.0 Å². The van der Waals surface area contributed by atoms with Crippen LogP contribution in [0.25, 0.3) is 0 Å². The third-order valence-corrected chi connectivity index (χ3v) is 6.57. The summed E-state index contributed by atoms with van der Waals surface area (Å²) in [5.74, 6) is -0.337. The van der Waals surface area contributed by atoms with E-state index in [2.05, 4.69) is 6.07 Å². The van der Waals surface area contributed by atoms with Crippen molar-refractivity contribution in [2.75, 3.05) is 39.5 Å². The second-order valence-electron chi connectivity index (χ2n) is 8.47. The van der Waals surface area contributed by atoms with E-state index in [4.69, 9.17) is 4.74 Å². The Balaban J connectivity index is 1.52. The number of halogens is 1. The van der Waals surface area contributed by atoms with Gasteiger partial charge in [-0.25, -0.2) is 4.39 Å². The molecule has 4 rings (SSSR count). The highest BCUT2D eigenvalue weighted by Crippen LogP contribution is 2.36. The topological polar surface area (TPSA) is 73.2 Å². The molecule has 1 amide bonds. The first-order chi connectivity index (χ1) is 15.6. The lowest BCUT2D eigenvalue weighted by Gasteiger charge is -2.41. The number of aliphatic hydroxyl groups is 2. The molecule has 0 unspecified atom stereocenters. The molecule has 0 aliphatic carbocycles. The summed E-state index contributed by atoms with van der Waals surface area (Å²) in [5.41, 5.74) is 3.17. The summed E-state index contributed by atoms with van der Waals surface area (Å²) in [5, 5.41) is 18.6. The van der Waals surface area contributed by atoms with E-state index < -0.39 is 6.10 Å². The molecule has 32 heavy (non-hydrogen) atoms. The Morgan fingerprint density at radius 3 is 2.44 bits per heavy atom. The number of ether oxygens (including phenoxy) is 1. The number of benzene rings is 2. The molecular weight excluding hydrogens is 411 g/mol. The summed E-state index contributed by atoms with van der Waals surface area (Å²) in [7, 11) is 0. The van der Waals surface area contributed by atoms with Gasteiger partial charge in [-0.15, -0.1) is 0 Å². The highest BCUT2D eigenvalue weighted by atomic mass is 19.1. The minimum atomic E-state index is -0.524. The van der Waals surface area contributed by atoms with Crippen LogP contribution in [0.2, 0.25) is 0 Å². The first-order valence-electron chi connectivity index (χ1n) is 11.3. The number of amides is 1. The van der Waals surface area contributed by atoms with Gasteiger partial charge >= 0.3 is 0 Å². The molecular formula is C25H31FN2O4. The van der Waals surface area contributed by atoms with Crippen molar-refractivity contribution < 1.29 is 24.1 Å². The zero-order chi connectivity index (χ0) is 22.5. The lowest BCUT2D eigenvalue weighted by atomic mass is 9.87. The van der Waals surface area contributed by atoms with Crippen molar-refractivity contribution in [2.24, 2.45) is 0 Å². The van der Waals surface area contributed by atoms with Crippen LogP contribution in [-0.4, -0.2) is 77.5 Å². The average molecular weight is 443 g/mol. The predicted molar refractivity (Wildman–Crippen MR) is 119 cm³/mol. The van der Waals surface area contributed by atoms with E-state index in [9.17, 15) is 19.4 Å². The summed E-state index contributed by atoms with van der Waals surface area (Å²) in [6.07, 6.45) is 1.60. The fraction of sp³-hybridized carbons (Fsp3) is 0.480. The Hall–Kier alpha value is -2.32. The van der Waals surface area contributed by atoms with Crippen LogP contribution >= 0.6 is 0 Å². The summed E-state index contributed by atoms with van der Waals surface area (Å²) in [6.45, 7) is 1.96.